The largest absolute Gasteiger partial charge is 0.369 e. The van der Waals surface area contributed by atoms with Crippen molar-refractivity contribution in [3.05, 3.63) is 12.7 Å². The first-order valence-corrected chi connectivity index (χ1v) is 7.12. The lowest BCUT2D eigenvalue weighted by Crippen LogP contribution is -2.23. The molecule has 1 unspecified atom stereocenters. The second-order valence-electron chi connectivity index (χ2n) is 4.88. The van der Waals surface area contributed by atoms with Crippen molar-refractivity contribution in [3.8, 4) is 0 Å². The third kappa shape index (κ3) is 10.1. The number of hydrogen-bond donors (Lipinski definition) is 1. The standard InChI is InChI=1S/C15H29NO/c1-3-5-6-7-8-9-10-11-13-14(12-4-2)15(16)17/h3,14H,1,4-13H2,2H3,(H2,16,17). The predicted molar refractivity (Wildman–Crippen MR) is 74.7 cm³/mol. The maximum absolute atomic E-state index is 11.1. The van der Waals surface area contributed by atoms with Gasteiger partial charge >= 0.3 is 0 Å². The molecule has 0 aliphatic rings. The van der Waals surface area contributed by atoms with Crippen LogP contribution in [0, 0.1) is 5.92 Å². The van der Waals surface area contributed by atoms with Crippen molar-refractivity contribution in [2.24, 2.45) is 11.7 Å². The van der Waals surface area contributed by atoms with Crippen molar-refractivity contribution >= 4 is 5.91 Å². The van der Waals surface area contributed by atoms with E-state index in [0.29, 0.717) is 0 Å². The molecule has 2 nitrogen and oxygen atoms in total. The molecular weight excluding hydrogens is 210 g/mol. The fraction of sp³-hybridized carbons (Fsp3) is 0.800. The second kappa shape index (κ2) is 11.7. The summed E-state index contributed by atoms with van der Waals surface area (Å²) in [6.45, 7) is 5.82. The van der Waals surface area contributed by atoms with Crippen LogP contribution in [-0.4, -0.2) is 5.91 Å². The molecule has 1 atom stereocenters. The number of carbonyl (C=O) groups excluding carboxylic acids is 1. The summed E-state index contributed by atoms with van der Waals surface area (Å²) in [6, 6.07) is 0. The Morgan fingerprint density at radius 1 is 1.12 bits per heavy atom. The summed E-state index contributed by atoms with van der Waals surface area (Å²) >= 11 is 0. The summed E-state index contributed by atoms with van der Waals surface area (Å²) in [5.41, 5.74) is 5.37. The van der Waals surface area contributed by atoms with Gasteiger partial charge in [0.1, 0.15) is 0 Å². The Balaban J connectivity index is 3.36. The zero-order valence-electron chi connectivity index (χ0n) is 11.4. The minimum Gasteiger partial charge on any atom is -0.369 e. The summed E-state index contributed by atoms with van der Waals surface area (Å²) < 4.78 is 0. The van der Waals surface area contributed by atoms with Gasteiger partial charge in [-0.2, -0.15) is 0 Å². The molecule has 0 aromatic rings. The number of allylic oxidation sites excluding steroid dienone is 1. The number of hydrogen-bond acceptors (Lipinski definition) is 1. The second-order valence-corrected chi connectivity index (χ2v) is 4.88. The molecule has 0 fully saturated rings. The average Bonchev–Trinajstić information content (AvgIpc) is 2.31. The van der Waals surface area contributed by atoms with Crippen LogP contribution in [0.1, 0.15) is 71.1 Å². The summed E-state index contributed by atoms with van der Waals surface area (Å²) in [6.07, 6.45) is 13.7. The van der Waals surface area contributed by atoms with Crippen LogP contribution in [0.2, 0.25) is 0 Å². The van der Waals surface area contributed by atoms with Gasteiger partial charge in [0.05, 0.1) is 0 Å². The van der Waals surface area contributed by atoms with Gasteiger partial charge < -0.3 is 5.73 Å². The van der Waals surface area contributed by atoms with E-state index < -0.39 is 0 Å². The van der Waals surface area contributed by atoms with Crippen LogP contribution in [0.25, 0.3) is 0 Å². The lowest BCUT2D eigenvalue weighted by Gasteiger charge is -2.11. The van der Waals surface area contributed by atoms with Crippen LogP contribution in [0.15, 0.2) is 12.7 Å². The molecule has 2 N–H and O–H groups in total. The van der Waals surface area contributed by atoms with E-state index in [1.807, 2.05) is 6.08 Å². The smallest absolute Gasteiger partial charge is 0.220 e. The molecule has 0 spiro atoms. The van der Waals surface area contributed by atoms with Crippen LogP contribution in [0.4, 0.5) is 0 Å². The van der Waals surface area contributed by atoms with Crippen LogP contribution in [0.3, 0.4) is 0 Å². The van der Waals surface area contributed by atoms with Crippen molar-refractivity contribution < 1.29 is 4.79 Å². The SMILES string of the molecule is C=CCCCCCCCCC(CCC)C(N)=O. The topological polar surface area (TPSA) is 43.1 Å². The van der Waals surface area contributed by atoms with Gasteiger partial charge in [-0.1, -0.05) is 51.5 Å². The zero-order chi connectivity index (χ0) is 12.9. The summed E-state index contributed by atoms with van der Waals surface area (Å²) in [4.78, 5) is 11.1. The van der Waals surface area contributed by atoms with Gasteiger partial charge in [-0.3, -0.25) is 4.79 Å². The van der Waals surface area contributed by atoms with Crippen molar-refractivity contribution in [2.75, 3.05) is 0 Å². The van der Waals surface area contributed by atoms with E-state index in [0.717, 1.165) is 32.1 Å². The molecule has 0 bridgehead atoms. The van der Waals surface area contributed by atoms with E-state index in [1.165, 1.54) is 32.1 Å². The van der Waals surface area contributed by atoms with Crippen LogP contribution >= 0.6 is 0 Å². The molecule has 0 heterocycles. The highest BCUT2D eigenvalue weighted by Gasteiger charge is 2.12. The van der Waals surface area contributed by atoms with E-state index >= 15 is 0 Å². The molecule has 0 aromatic heterocycles. The number of nitrogens with two attached hydrogens (primary N) is 1. The first kappa shape index (κ1) is 16.2. The minimum absolute atomic E-state index is 0.112. The van der Waals surface area contributed by atoms with Gasteiger partial charge in [0.25, 0.3) is 0 Å². The lowest BCUT2D eigenvalue weighted by atomic mass is 9.95. The molecule has 0 saturated carbocycles. The van der Waals surface area contributed by atoms with E-state index in [2.05, 4.69) is 13.5 Å². The highest BCUT2D eigenvalue weighted by Crippen LogP contribution is 2.16. The van der Waals surface area contributed by atoms with Crippen LogP contribution in [0.5, 0.6) is 0 Å². The number of unbranched alkanes of at least 4 members (excludes halogenated alkanes) is 6. The molecule has 0 rings (SSSR count). The number of primary amides is 1. The van der Waals surface area contributed by atoms with E-state index in [9.17, 15) is 4.79 Å². The normalized spacial score (nSPS) is 12.3. The fourth-order valence-corrected chi connectivity index (χ4v) is 2.16. The predicted octanol–water partition coefficient (Wildman–Crippen LogP) is 4.19. The average molecular weight is 239 g/mol. The van der Waals surface area contributed by atoms with E-state index in [4.69, 9.17) is 5.73 Å². The third-order valence-corrected chi connectivity index (χ3v) is 3.25. The maximum Gasteiger partial charge on any atom is 0.220 e. The minimum atomic E-state index is -0.113. The highest BCUT2D eigenvalue weighted by atomic mass is 16.1. The Hall–Kier alpha value is -0.790. The van der Waals surface area contributed by atoms with Gasteiger partial charge in [-0.25, -0.2) is 0 Å². The number of rotatable bonds is 12. The number of carbonyl (C=O) groups is 1. The first-order chi connectivity index (χ1) is 8.22. The highest BCUT2D eigenvalue weighted by molar-refractivity contribution is 5.76. The summed E-state index contributed by atoms with van der Waals surface area (Å²) in [5, 5.41) is 0. The quantitative estimate of drug-likeness (QED) is 0.402. The van der Waals surface area contributed by atoms with Crippen LogP contribution in [-0.2, 0) is 4.79 Å². The maximum atomic E-state index is 11.1. The van der Waals surface area contributed by atoms with Crippen LogP contribution < -0.4 is 5.73 Å². The van der Waals surface area contributed by atoms with E-state index in [-0.39, 0.29) is 11.8 Å². The van der Waals surface area contributed by atoms with Gasteiger partial charge in [0, 0.05) is 5.92 Å². The van der Waals surface area contributed by atoms with Crippen molar-refractivity contribution in [1.29, 1.82) is 0 Å². The molecule has 0 radical (unpaired) electrons. The monoisotopic (exact) mass is 239 g/mol. The van der Waals surface area contributed by atoms with Crippen molar-refractivity contribution in [1.82, 2.24) is 0 Å². The molecule has 0 saturated heterocycles. The molecule has 0 aliphatic carbocycles. The Labute approximate surface area is 107 Å². The van der Waals surface area contributed by atoms with Crippen molar-refractivity contribution in [2.45, 2.75) is 71.1 Å². The summed E-state index contributed by atoms with van der Waals surface area (Å²) in [5.74, 6) is -0.00130. The number of amides is 1. The van der Waals surface area contributed by atoms with Gasteiger partial charge in [-0.15, -0.1) is 6.58 Å². The zero-order valence-corrected chi connectivity index (χ0v) is 11.4. The van der Waals surface area contributed by atoms with Gasteiger partial charge in [0.2, 0.25) is 5.91 Å². The Morgan fingerprint density at radius 3 is 2.24 bits per heavy atom. The van der Waals surface area contributed by atoms with Crippen molar-refractivity contribution in [3.63, 3.8) is 0 Å². The van der Waals surface area contributed by atoms with Gasteiger partial charge in [-0.05, 0) is 25.7 Å². The molecular formula is C15H29NO. The molecule has 2 heteroatoms. The Bertz CT molecular complexity index is 201. The first-order valence-electron chi connectivity index (χ1n) is 7.12. The third-order valence-electron chi connectivity index (χ3n) is 3.25. The summed E-state index contributed by atoms with van der Waals surface area (Å²) in [7, 11) is 0. The Kier molecular flexibility index (Phi) is 11.1. The lowest BCUT2D eigenvalue weighted by molar-refractivity contribution is -0.122. The Morgan fingerprint density at radius 2 is 1.71 bits per heavy atom. The molecule has 0 aromatic carbocycles. The molecule has 17 heavy (non-hydrogen) atoms. The molecule has 0 aliphatic heterocycles. The van der Waals surface area contributed by atoms with E-state index in [1.54, 1.807) is 0 Å². The molecule has 100 valence electrons. The molecule has 1 amide bonds. The van der Waals surface area contributed by atoms with Gasteiger partial charge in [0.15, 0.2) is 0 Å². The fourth-order valence-electron chi connectivity index (χ4n) is 2.16.